The van der Waals surface area contributed by atoms with E-state index in [9.17, 15) is 0 Å². The summed E-state index contributed by atoms with van der Waals surface area (Å²) in [5.41, 5.74) is 16.3. The van der Waals surface area contributed by atoms with Crippen molar-refractivity contribution in [3.05, 3.63) is 188 Å². The standard InChI is InChI=1S/C52H31N7/c1-2-16-34-33(15-1)35-17-3-4-19-37(35)39-30-29-32(31-42(39)38-20-6-5-18-36(34)38)49-54-50(57-44-24-10-7-21-40(44)41-22-8-11-25-45(41)57)56-51(55-49)59-48-28-14-13-27-47(48)58-46-26-12-9-23-43(46)53-52(58)59/h1-31H. The van der Waals surface area contributed by atoms with E-state index in [0.29, 0.717) is 17.7 Å². The molecule has 0 unspecified atom stereocenters. The summed E-state index contributed by atoms with van der Waals surface area (Å²) >= 11 is 0. The summed E-state index contributed by atoms with van der Waals surface area (Å²) < 4.78 is 6.44. The lowest BCUT2D eigenvalue weighted by Gasteiger charge is -2.23. The Morgan fingerprint density at radius 2 is 0.746 bits per heavy atom. The summed E-state index contributed by atoms with van der Waals surface area (Å²) in [6, 6.07) is 66.4. The molecule has 0 N–H and O–H groups in total. The molecule has 8 aromatic carbocycles. The number of para-hydroxylation sites is 6. The first-order valence-electron chi connectivity index (χ1n) is 19.8. The molecule has 1 aliphatic rings. The summed E-state index contributed by atoms with van der Waals surface area (Å²) in [6.45, 7) is 0. The van der Waals surface area contributed by atoms with E-state index in [0.717, 1.165) is 71.9 Å². The van der Waals surface area contributed by atoms with Gasteiger partial charge < -0.3 is 0 Å². The van der Waals surface area contributed by atoms with Gasteiger partial charge in [0, 0.05) is 16.3 Å². The van der Waals surface area contributed by atoms with Crippen molar-refractivity contribution in [2.24, 2.45) is 0 Å². The van der Waals surface area contributed by atoms with Gasteiger partial charge >= 0.3 is 0 Å². The molecular formula is C52H31N7. The molecule has 59 heavy (non-hydrogen) atoms. The highest BCUT2D eigenvalue weighted by Crippen LogP contribution is 2.48. The Kier molecular flexibility index (Phi) is 6.60. The molecule has 0 bridgehead atoms. The van der Waals surface area contributed by atoms with Gasteiger partial charge in [-0.15, -0.1) is 0 Å². The van der Waals surface area contributed by atoms with Crippen molar-refractivity contribution < 1.29 is 0 Å². The van der Waals surface area contributed by atoms with Crippen LogP contribution in [0.15, 0.2) is 188 Å². The quantitative estimate of drug-likeness (QED) is 0.180. The Morgan fingerprint density at radius 3 is 1.34 bits per heavy atom. The first kappa shape index (κ1) is 32.0. The number of hydrogen-bond acceptors (Lipinski definition) is 4. The number of nitrogens with zero attached hydrogens (tertiary/aromatic N) is 7. The number of fused-ring (bicyclic) bond motifs is 16. The molecule has 0 saturated heterocycles. The Labute approximate surface area is 337 Å². The molecule has 12 aromatic rings. The van der Waals surface area contributed by atoms with E-state index < -0.39 is 0 Å². The maximum atomic E-state index is 5.39. The molecule has 13 rings (SSSR count). The number of rotatable bonds is 3. The SMILES string of the molecule is c1ccc2c(c1)-c1ccccc1-c1ccc(-c3nc(-n4c5ccccc5c5ccccc54)nc(-n4c5ccccc5n5c6ccccc6nc45)n3)cc1-c1ccccc1-2. The molecule has 0 fully saturated rings. The Bertz CT molecular complexity index is 3640. The molecule has 274 valence electrons. The van der Waals surface area contributed by atoms with Crippen LogP contribution in [0.25, 0.3) is 117 Å². The Balaban J connectivity index is 1.13. The van der Waals surface area contributed by atoms with Crippen molar-refractivity contribution >= 4 is 49.7 Å². The molecule has 1 aliphatic carbocycles. The highest BCUT2D eigenvalue weighted by atomic mass is 15.3. The maximum absolute atomic E-state index is 5.39. The fraction of sp³-hybridized carbons (Fsp3) is 0. The van der Waals surface area contributed by atoms with Gasteiger partial charge in [-0.3, -0.25) is 8.97 Å². The van der Waals surface area contributed by atoms with Gasteiger partial charge in [-0.1, -0.05) is 146 Å². The lowest BCUT2D eigenvalue weighted by molar-refractivity contribution is 0.885. The topological polar surface area (TPSA) is 65.8 Å². The summed E-state index contributed by atoms with van der Waals surface area (Å²) in [4.78, 5) is 21.3. The van der Waals surface area contributed by atoms with Crippen LogP contribution in [-0.2, 0) is 0 Å². The van der Waals surface area contributed by atoms with E-state index in [1.807, 2.05) is 6.07 Å². The molecule has 0 saturated carbocycles. The second kappa shape index (κ2) is 12.2. The van der Waals surface area contributed by atoms with Crippen LogP contribution in [0.5, 0.6) is 0 Å². The van der Waals surface area contributed by atoms with E-state index in [1.54, 1.807) is 0 Å². The molecule has 0 amide bonds. The zero-order chi connectivity index (χ0) is 38.6. The minimum absolute atomic E-state index is 0.486. The van der Waals surface area contributed by atoms with E-state index in [-0.39, 0.29) is 0 Å². The van der Waals surface area contributed by atoms with Crippen molar-refractivity contribution in [2.45, 2.75) is 0 Å². The molecule has 7 nitrogen and oxygen atoms in total. The van der Waals surface area contributed by atoms with Crippen LogP contribution < -0.4 is 0 Å². The Hall–Kier alpha value is -8.16. The fourth-order valence-electron chi connectivity index (χ4n) is 9.37. The average molecular weight is 754 g/mol. The number of benzene rings is 8. The monoisotopic (exact) mass is 753 g/mol. The first-order chi connectivity index (χ1) is 29.3. The van der Waals surface area contributed by atoms with Crippen LogP contribution in [0.4, 0.5) is 0 Å². The fourth-order valence-corrected chi connectivity index (χ4v) is 9.37. The van der Waals surface area contributed by atoms with Gasteiger partial charge in [0.1, 0.15) is 0 Å². The summed E-state index contributed by atoms with van der Waals surface area (Å²) in [7, 11) is 0. The molecule has 7 heteroatoms. The molecule has 4 heterocycles. The van der Waals surface area contributed by atoms with Crippen LogP contribution in [0.1, 0.15) is 0 Å². The lowest BCUT2D eigenvalue weighted by atomic mass is 9.80. The van der Waals surface area contributed by atoms with Crippen molar-refractivity contribution in [1.29, 1.82) is 0 Å². The van der Waals surface area contributed by atoms with Crippen molar-refractivity contribution in [3.63, 3.8) is 0 Å². The third-order valence-corrected chi connectivity index (χ3v) is 11.9. The van der Waals surface area contributed by atoms with Crippen LogP contribution in [0.3, 0.4) is 0 Å². The van der Waals surface area contributed by atoms with Gasteiger partial charge in [0.2, 0.25) is 17.7 Å². The summed E-state index contributed by atoms with van der Waals surface area (Å²) in [5.74, 6) is 2.32. The highest BCUT2D eigenvalue weighted by molar-refractivity contribution is 6.09. The zero-order valence-electron chi connectivity index (χ0n) is 31.5. The Morgan fingerprint density at radius 1 is 0.305 bits per heavy atom. The first-order valence-corrected chi connectivity index (χ1v) is 19.8. The number of aromatic nitrogens is 7. The summed E-state index contributed by atoms with van der Waals surface area (Å²) in [6.07, 6.45) is 0. The van der Waals surface area contributed by atoms with Gasteiger partial charge in [0.15, 0.2) is 5.82 Å². The average Bonchev–Trinajstić information content (AvgIpc) is 3.95. The highest BCUT2D eigenvalue weighted by Gasteiger charge is 2.25. The van der Waals surface area contributed by atoms with Gasteiger partial charge in [-0.2, -0.15) is 15.0 Å². The lowest BCUT2D eigenvalue weighted by Crippen LogP contribution is -2.10. The molecule has 0 spiro atoms. The largest absolute Gasteiger partial charge is 0.278 e. The zero-order valence-corrected chi connectivity index (χ0v) is 31.5. The minimum Gasteiger partial charge on any atom is -0.278 e. The molecule has 0 radical (unpaired) electrons. The molecule has 4 aromatic heterocycles. The van der Waals surface area contributed by atoms with Gasteiger partial charge in [0.05, 0.1) is 33.1 Å². The van der Waals surface area contributed by atoms with Crippen LogP contribution in [-0.4, -0.2) is 33.5 Å². The molecule has 0 aliphatic heterocycles. The van der Waals surface area contributed by atoms with Gasteiger partial charge in [0.25, 0.3) is 0 Å². The van der Waals surface area contributed by atoms with Crippen molar-refractivity contribution in [1.82, 2.24) is 33.5 Å². The predicted molar refractivity (Wildman–Crippen MR) is 238 cm³/mol. The van der Waals surface area contributed by atoms with E-state index >= 15 is 0 Å². The van der Waals surface area contributed by atoms with Crippen molar-refractivity contribution in [3.8, 4) is 67.8 Å². The molecular weight excluding hydrogens is 723 g/mol. The number of hydrogen-bond donors (Lipinski definition) is 0. The van der Waals surface area contributed by atoms with Crippen LogP contribution in [0.2, 0.25) is 0 Å². The number of imidazole rings is 2. The summed E-state index contributed by atoms with van der Waals surface area (Å²) in [5, 5.41) is 2.27. The minimum atomic E-state index is 0.486. The van der Waals surface area contributed by atoms with E-state index in [1.165, 1.54) is 27.8 Å². The van der Waals surface area contributed by atoms with Crippen molar-refractivity contribution in [2.75, 3.05) is 0 Å². The molecule has 0 atom stereocenters. The maximum Gasteiger partial charge on any atom is 0.242 e. The van der Waals surface area contributed by atoms with Crippen LogP contribution in [0, 0.1) is 0 Å². The third-order valence-electron chi connectivity index (χ3n) is 11.9. The third kappa shape index (κ3) is 4.58. The predicted octanol–water partition coefficient (Wildman–Crippen LogP) is 12.4. The normalized spacial score (nSPS) is 12.1. The second-order valence-corrected chi connectivity index (χ2v) is 15.1. The van der Waals surface area contributed by atoms with Crippen LogP contribution >= 0.6 is 0 Å². The van der Waals surface area contributed by atoms with E-state index in [2.05, 4.69) is 196 Å². The smallest absolute Gasteiger partial charge is 0.242 e. The van der Waals surface area contributed by atoms with Gasteiger partial charge in [-0.05, 0) is 87.0 Å². The van der Waals surface area contributed by atoms with Gasteiger partial charge in [-0.25, -0.2) is 9.55 Å². The van der Waals surface area contributed by atoms with E-state index in [4.69, 9.17) is 19.9 Å². The second-order valence-electron chi connectivity index (χ2n) is 15.1.